The lowest BCUT2D eigenvalue weighted by molar-refractivity contribution is -0.139. The maximum atomic E-state index is 12.6. The maximum Gasteiger partial charge on any atom is 0.310 e. The number of nitrogens with one attached hydrogen (secondary N) is 2. The van der Waals surface area contributed by atoms with E-state index >= 15 is 0 Å². The highest BCUT2D eigenvalue weighted by Crippen LogP contribution is 2.07. The molecule has 1 aliphatic rings. The lowest BCUT2D eigenvalue weighted by Crippen LogP contribution is -2.44. The van der Waals surface area contributed by atoms with Crippen LogP contribution in [0.1, 0.15) is 17.7 Å². The molecule has 2 aromatic rings. The molecule has 10 nitrogen and oxygen atoms in total. The van der Waals surface area contributed by atoms with Crippen molar-refractivity contribution >= 4 is 17.7 Å². The number of likely N-dealkylation sites (N-methyl/N-ethyl adjacent to an activating group) is 1. The Hall–Kier alpha value is -2.46. The number of aryl methyl sites for hydroxylation is 1. The minimum absolute atomic E-state index is 0.107. The van der Waals surface area contributed by atoms with Gasteiger partial charge in [0.1, 0.15) is 0 Å². The van der Waals surface area contributed by atoms with E-state index in [1.807, 2.05) is 0 Å². The van der Waals surface area contributed by atoms with Gasteiger partial charge in [-0.15, -0.1) is 0 Å². The Bertz CT molecular complexity index is 852. The molecule has 0 amide bonds. The van der Waals surface area contributed by atoms with Gasteiger partial charge in [0.25, 0.3) is 11.3 Å². The van der Waals surface area contributed by atoms with E-state index in [0.717, 1.165) is 45.7 Å². The van der Waals surface area contributed by atoms with Gasteiger partial charge in [0.15, 0.2) is 0 Å². The van der Waals surface area contributed by atoms with E-state index in [1.165, 1.54) is 11.6 Å². The van der Waals surface area contributed by atoms with Crippen LogP contribution in [-0.4, -0.2) is 88.8 Å². The van der Waals surface area contributed by atoms with Crippen LogP contribution in [0, 0.1) is 6.92 Å². The third-order valence-corrected chi connectivity index (χ3v) is 4.88. The molecule has 0 aliphatic carbocycles. The van der Waals surface area contributed by atoms with Crippen molar-refractivity contribution in [1.29, 1.82) is 0 Å². The Morgan fingerprint density at radius 2 is 2.00 bits per heavy atom. The number of aromatic amines is 1. The molecule has 0 spiro atoms. The summed E-state index contributed by atoms with van der Waals surface area (Å²) in [5.41, 5.74) is 0.462. The molecular formula is C17H27N7O3. The van der Waals surface area contributed by atoms with Crippen LogP contribution in [0.4, 0.5) is 5.95 Å². The summed E-state index contributed by atoms with van der Waals surface area (Å²) in [6, 6.07) is 0. The Morgan fingerprint density at radius 3 is 2.70 bits per heavy atom. The van der Waals surface area contributed by atoms with Gasteiger partial charge in [-0.25, -0.2) is 4.98 Å². The molecule has 1 saturated heterocycles. The van der Waals surface area contributed by atoms with Gasteiger partial charge in [0.05, 0.1) is 24.8 Å². The van der Waals surface area contributed by atoms with Crippen molar-refractivity contribution in [2.24, 2.45) is 0 Å². The molecule has 2 aromatic heterocycles. The van der Waals surface area contributed by atoms with Crippen LogP contribution in [0.2, 0.25) is 0 Å². The Kier molecular flexibility index (Phi) is 6.07. The molecule has 1 fully saturated rings. The fourth-order valence-electron chi connectivity index (χ4n) is 3.13. The second kappa shape index (κ2) is 8.49. The molecule has 0 radical (unpaired) electrons. The average Bonchev–Trinajstić information content (AvgIpc) is 3.06. The molecular weight excluding hydrogens is 350 g/mol. The van der Waals surface area contributed by atoms with Crippen LogP contribution in [0.15, 0.2) is 4.79 Å². The molecule has 3 heterocycles. The minimum atomic E-state index is -0.473. The third kappa shape index (κ3) is 4.64. The van der Waals surface area contributed by atoms with Gasteiger partial charge >= 0.3 is 5.97 Å². The highest BCUT2D eigenvalue weighted by molar-refractivity contribution is 5.72. The zero-order valence-electron chi connectivity index (χ0n) is 16.1. The summed E-state index contributed by atoms with van der Waals surface area (Å²) < 4.78 is 5.90. The fourth-order valence-corrected chi connectivity index (χ4v) is 3.13. The first-order valence-corrected chi connectivity index (χ1v) is 9.17. The van der Waals surface area contributed by atoms with Crippen molar-refractivity contribution in [2.75, 3.05) is 58.7 Å². The van der Waals surface area contributed by atoms with Crippen molar-refractivity contribution in [2.45, 2.75) is 19.8 Å². The number of piperazine rings is 1. The third-order valence-electron chi connectivity index (χ3n) is 4.88. The summed E-state index contributed by atoms with van der Waals surface area (Å²) in [4.78, 5) is 37.5. The van der Waals surface area contributed by atoms with Gasteiger partial charge in [-0.2, -0.15) is 9.50 Å². The van der Waals surface area contributed by atoms with E-state index in [9.17, 15) is 9.59 Å². The van der Waals surface area contributed by atoms with E-state index in [0.29, 0.717) is 17.2 Å². The van der Waals surface area contributed by atoms with Crippen molar-refractivity contribution in [3.05, 3.63) is 21.6 Å². The van der Waals surface area contributed by atoms with Gasteiger partial charge in [0, 0.05) is 32.7 Å². The van der Waals surface area contributed by atoms with Crippen LogP contribution >= 0.6 is 0 Å². The first-order valence-electron chi connectivity index (χ1n) is 9.17. The number of rotatable bonds is 7. The number of esters is 1. The molecule has 0 atom stereocenters. The largest absolute Gasteiger partial charge is 0.469 e. The fraction of sp³-hybridized carbons (Fsp3) is 0.647. The highest BCUT2D eigenvalue weighted by Gasteiger charge is 2.16. The van der Waals surface area contributed by atoms with Gasteiger partial charge < -0.3 is 19.9 Å². The number of nitrogens with zero attached hydrogens (tertiary/aromatic N) is 5. The van der Waals surface area contributed by atoms with Gasteiger partial charge in [-0.05, 0) is 26.9 Å². The molecule has 10 heteroatoms. The van der Waals surface area contributed by atoms with Crippen molar-refractivity contribution in [3.8, 4) is 0 Å². The number of H-pyrrole nitrogens is 1. The van der Waals surface area contributed by atoms with Crippen LogP contribution in [0.5, 0.6) is 0 Å². The van der Waals surface area contributed by atoms with E-state index in [4.69, 9.17) is 0 Å². The molecule has 0 saturated carbocycles. The number of hydrogen-bond donors (Lipinski definition) is 2. The maximum absolute atomic E-state index is 12.6. The summed E-state index contributed by atoms with van der Waals surface area (Å²) in [5.74, 6) is 0.305. The Morgan fingerprint density at radius 1 is 1.26 bits per heavy atom. The van der Waals surface area contributed by atoms with E-state index < -0.39 is 5.97 Å². The summed E-state index contributed by atoms with van der Waals surface area (Å²) in [5, 5.41) is 6.12. The molecule has 0 unspecified atom stereocenters. The Balaban J connectivity index is 1.60. The summed E-state index contributed by atoms with van der Waals surface area (Å²) in [6.07, 6.45) is 0.875. The number of carbonyl (C=O) groups is 1. The number of ether oxygens (including phenoxy) is 1. The normalized spacial score (nSPS) is 16.0. The molecule has 148 valence electrons. The summed E-state index contributed by atoms with van der Waals surface area (Å²) in [7, 11) is 3.44. The number of aromatic nitrogens is 4. The quantitative estimate of drug-likeness (QED) is 0.491. The standard InChI is InChI=1S/C17H27N7O3/c1-12-13(11-14(25)27-3)15(26)24-17(19-12)20-16(21-24)18-5-4-6-23-9-7-22(2)8-10-23/h4-11H2,1-3H3,(H2,18,19,20,21). The molecule has 3 rings (SSSR count). The molecule has 2 N–H and O–H groups in total. The monoisotopic (exact) mass is 377 g/mol. The van der Waals surface area contributed by atoms with E-state index in [1.54, 1.807) is 6.92 Å². The first-order chi connectivity index (χ1) is 13.0. The lowest BCUT2D eigenvalue weighted by Gasteiger charge is -2.32. The SMILES string of the molecule is COC(=O)Cc1c(C)nc2nc(NCCCN3CCN(C)CC3)[nH]n2c1=O. The number of methoxy groups -OCH3 is 1. The smallest absolute Gasteiger partial charge is 0.310 e. The van der Waals surface area contributed by atoms with Crippen molar-refractivity contribution < 1.29 is 9.53 Å². The minimum Gasteiger partial charge on any atom is -0.469 e. The summed E-state index contributed by atoms with van der Waals surface area (Å²) in [6.45, 7) is 7.89. The molecule has 1 aliphatic heterocycles. The van der Waals surface area contributed by atoms with Gasteiger partial charge in [0.2, 0.25) is 5.95 Å². The average molecular weight is 377 g/mol. The second-order valence-electron chi connectivity index (χ2n) is 6.87. The van der Waals surface area contributed by atoms with E-state index in [2.05, 4.69) is 42.0 Å². The van der Waals surface area contributed by atoms with Crippen LogP contribution in [-0.2, 0) is 16.0 Å². The number of carbonyl (C=O) groups excluding carboxylic acids is 1. The van der Waals surface area contributed by atoms with E-state index in [-0.39, 0.29) is 17.8 Å². The predicted octanol–water partition coefficient (Wildman–Crippen LogP) is -0.509. The second-order valence-corrected chi connectivity index (χ2v) is 6.87. The van der Waals surface area contributed by atoms with Crippen LogP contribution < -0.4 is 10.9 Å². The van der Waals surface area contributed by atoms with Crippen molar-refractivity contribution in [3.63, 3.8) is 0 Å². The summed E-state index contributed by atoms with van der Waals surface area (Å²) >= 11 is 0. The molecule has 0 bridgehead atoms. The topological polar surface area (TPSA) is 108 Å². The number of fused-ring (bicyclic) bond motifs is 1. The Labute approximate surface area is 157 Å². The molecule has 0 aromatic carbocycles. The zero-order valence-corrected chi connectivity index (χ0v) is 16.1. The first kappa shape index (κ1) is 19.3. The highest BCUT2D eigenvalue weighted by atomic mass is 16.5. The van der Waals surface area contributed by atoms with Crippen LogP contribution in [0.25, 0.3) is 5.78 Å². The van der Waals surface area contributed by atoms with Gasteiger partial charge in [-0.1, -0.05) is 0 Å². The van der Waals surface area contributed by atoms with Crippen molar-refractivity contribution in [1.82, 2.24) is 29.4 Å². The number of anilines is 1. The lowest BCUT2D eigenvalue weighted by atomic mass is 10.2. The van der Waals surface area contributed by atoms with Crippen LogP contribution in [0.3, 0.4) is 0 Å². The predicted molar refractivity (Wildman–Crippen MR) is 101 cm³/mol. The van der Waals surface area contributed by atoms with Gasteiger partial charge in [-0.3, -0.25) is 14.7 Å². The molecule has 27 heavy (non-hydrogen) atoms. The zero-order chi connectivity index (χ0) is 19.4. The number of hydrogen-bond acceptors (Lipinski definition) is 8.